The summed E-state index contributed by atoms with van der Waals surface area (Å²) in [6, 6.07) is 12.5. The number of rotatable bonds is 8. The molecule has 3 aliphatic heterocycles. The molecule has 2 saturated heterocycles. The van der Waals surface area contributed by atoms with Crippen molar-refractivity contribution in [2.45, 2.75) is 12.6 Å². The highest BCUT2D eigenvalue weighted by Crippen LogP contribution is 2.41. The van der Waals surface area contributed by atoms with Gasteiger partial charge in [0.15, 0.2) is 6.73 Å². The summed E-state index contributed by atoms with van der Waals surface area (Å²) in [6.45, 7) is 5.50. The predicted octanol–water partition coefficient (Wildman–Crippen LogP) is 4.99. The maximum Gasteiger partial charge on any atom is 0.337 e. The van der Waals surface area contributed by atoms with Crippen molar-refractivity contribution in [1.29, 1.82) is 5.26 Å². The Hall–Kier alpha value is -4.12. The molecule has 1 N–H and O–H groups in total. The summed E-state index contributed by atoms with van der Waals surface area (Å²) in [5, 5.41) is 20.0. The Morgan fingerprint density at radius 2 is 1.83 bits per heavy atom. The summed E-state index contributed by atoms with van der Waals surface area (Å²) in [4.78, 5) is 33.5. The molecule has 2 fully saturated rings. The van der Waals surface area contributed by atoms with Crippen LogP contribution in [0.4, 0.5) is 15.8 Å². The van der Waals surface area contributed by atoms with Crippen molar-refractivity contribution in [2.24, 2.45) is 0 Å². The lowest BCUT2D eigenvalue weighted by Crippen LogP contribution is -2.47. The van der Waals surface area contributed by atoms with E-state index in [1.807, 2.05) is 0 Å². The van der Waals surface area contributed by atoms with Crippen LogP contribution in [0.3, 0.4) is 0 Å². The Labute approximate surface area is 287 Å². The highest BCUT2D eigenvalue weighted by atomic mass is 35.5. The third-order valence-corrected chi connectivity index (χ3v) is 9.49. The van der Waals surface area contributed by atoms with Crippen LogP contribution in [0, 0.1) is 17.1 Å². The quantitative estimate of drug-likeness (QED) is 0.345. The number of carboxylic acids is 1. The van der Waals surface area contributed by atoms with Crippen molar-refractivity contribution in [3.8, 4) is 22.9 Å². The average Bonchev–Trinajstić information content (AvgIpc) is 3.10. The fourth-order valence-electron chi connectivity index (χ4n) is 6.35. The van der Waals surface area contributed by atoms with Crippen molar-refractivity contribution in [1.82, 2.24) is 9.80 Å². The number of aromatic carboxylic acids is 1. The molecule has 1 atom stereocenters. The van der Waals surface area contributed by atoms with Crippen molar-refractivity contribution in [3.63, 3.8) is 0 Å². The Balaban J connectivity index is 1.24. The molecule has 0 aromatic heterocycles. The SMILES string of the molecule is COCCN1CCN(c2cc(Cl)c(C(=O)N3COc4c(cccc4-c4cc(N5CCOC[C@H]5C#N)c(C(=O)O)cc4F)C3)c(Cl)c2)CC1. The van der Waals surface area contributed by atoms with Crippen molar-refractivity contribution >= 4 is 46.5 Å². The van der Waals surface area contributed by atoms with E-state index in [1.165, 1.54) is 11.0 Å². The Morgan fingerprint density at radius 1 is 1.08 bits per heavy atom. The van der Waals surface area contributed by atoms with Crippen LogP contribution in [-0.2, 0) is 16.0 Å². The van der Waals surface area contributed by atoms with Gasteiger partial charge in [0.2, 0.25) is 0 Å². The number of carboxylic acid groups (broad SMARTS) is 1. The van der Waals surface area contributed by atoms with Crippen LogP contribution in [0.25, 0.3) is 11.1 Å². The average molecular weight is 699 g/mol. The molecule has 48 heavy (non-hydrogen) atoms. The number of benzene rings is 3. The molecule has 0 saturated carbocycles. The van der Waals surface area contributed by atoms with E-state index in [0.29, 0.717) is 30.1 Å². The molecule has 0 unspecified atom stereocenters. The number of methoxy groups -OCH3 is 1. The van der Waals surface area contributed by atoms with Gasteiger partial charge in [0.25, 0.3) is 5.91 Å². The highest BCUT2D eigenvalue weighted by Gasteiger charge is 2.32. The molecule has 0 bridgehead atoms. The molecule has 1 amide bonds. The van der Waals surface area contributed by atoms with Gasteiger partial charge >= 0.3 is 5.97 Å². The molecule has 14 heteroatoms. The number of nitriles is 1. The van der Waals surface area contributed by atoms with E-state index in [4.69, 9.17) is 37.4 Å². The van der Waals surface area contributed by atoms with E-state index in [0.717, 1.165) is 44.5 Å². The van der Waals surface area contributed by atoms with Crippen LogP contribution in [0.15, 0.2) is 42.5 Å². The Bertz CT molecular complexity index is 1740. The van der Waals surface area contributed by atoms with Crippen LogP contribution in [0.2, 0.25) is 10.0 Å². The third kappa shape index (κ3) is 6.74. The smallest absolute Gasteiger partial charge is 0.337 e. The number of anilines is 2. The van der Waals surface area contributed by atoms with Gasteiger partial charge in [-0.2, -0.15) is 5.26 Å². The van der Waals surface area contributed by atoms with Crippen LogP contribution in [0.1, 0.15) is 26.3 Å². The van der Waals surface area contributed by atoms with E-state index < -0.39 is 23.7 Å². The molecule has 6 rings (SSSR count). The first-order valence-electron chi connectivity index (χ1n) is 15.5. The largest absolute Gasteiger partial charge is 0.478 e. The standard InChI is InChI=1S/C34H34Cl2FN5O6/c1-46-11-9-39-5-7-40(8-6-39)22-13-27(35)31(28(36)14-22)33(43)41-18-21-3-2-4-24(32(21)48-20-41)25-16-30(26(34(44)45)15-29(25)37)42-10-12-47-19-23(42)17-38/h2-4,13-16,23H,5-12,18-20H2,1H3,(H,44,45)/t23-/m1/s1. The number of para-hydroxylation sites is 1. The minimum Gasteiger partial charge on any atom is -0.478 e. The lowest BCUT2D eigenvalue weighted by atomic mass is 9.96. The fourth-order valence-corrected chi connectivity index (χ4v) is 6.98. The normalized spacial score (nSPS) is 18.2. The monoisotopic (exact) mass is 697 g/mol. The van der Waals surface area contributed by atoms with Crippen LogP contribution in [-0.4, -0.2) is 106 Å². The second-order valence-corrected chi connectivity index (χ2v) is 12.6. The van der Waals surface area contributed by atoms with Crippen LogP contribution >= 0.6 is 23.2 Å². The molecular formula is C34H34Cl2FN5O6. The van der Waals surface area contributed by atoms with Gasteiger partial charge < -0.3 is 34.0 Å². The van der Waals surface area contributed by atoms with Gasteiger partial charge in [-0.25, -0.2) is 9.18 Å². The summed E-state index contributed by atoms with van der Waals surface area (Å²) in [6.07, 6.45) is 0. The number of halogens is 3. The Morgan fingerprint density at radius 3 is 2.52 bits per heavy atom. The maximum atomic E-state index is 15.6. The van der Waals surface area contributed by atoms with Gasteiger partial charge in [-0.3, -0.25) is 9.69 Å². The lowest BCUT2D eigenvalue weighted by Gasteiger charge is -2.36. The minimum absolute atomic E-state index is 0.0963. The zero-order chi connectivity index (χ0) is 33.9. The molecule has 0 radical (unpaired) electrons. The van der Waals surface area contributed by atoms with Gasteiger partial charge in [-0.15, -0.1) is 0 Å². The number of hydrogen-bond donors (Lipinski definition) is 1. The number of nitrogens with zero attached hydrogens (tertiary/aromatic N) is 5. The first-order chi connectivity index (χ1) is 23.2. The summed E-state index contributed by atoms with van der Waals surface area (Å²) in [5.74, 6) is -2.12. The van der Waals surface area contributed by atoms with Crippen molar-refractivity contribution in [2.75, 3.05) is 82.7 Å². The number of morpholine rings is 1. The summed E-state index contributed by atoms with van der Waals surface area (Å²) in [5.41, 5.74) is 2.07. The number of ether oxygens (including phenoxy) is 3. The molecule has 11 nitrogen and oxygen atoms in total. The summed E-state index contributed by atoms with van der Waals surface area (Å²) < 4.78 is 32.3. The number of hydrogen-bond acceptors (Lipinski definition) is 9. The van der Waals surface area contributed by atoms with Gasteiger partial charge in [0.1, 0.15) is 17.6 Å². The van der Waals surface area contributed by atoms with E-state index in [2.05, 4.69) is 15.9 Å². The van der Waals surface area contributed by atoms with E-state index in [9.17, 15) is 20.0 Å². The molecule has 3 aliphatic rings. The number of fused-ring (bicyclic) bond motifs is 1. The molecular weight excluding hydrogens is 664 g/mol. The van der Waals surface area contributed by atoms with Crippen LogP contribution in [0.5, 0.6) is 5.75 Å². The number of amides is 1. The second-order valence-electron chi connectivity index (χ2n) is 11.7. The Kier molecular flexibility index (Phi) is 10.2. The molecule has 3 heterocycles. The molecule has 3 aromatic rings. The first kappa shape index (κ1) is 33.8. The van der Waals surface area contributed by atoms with Gasteiger partial charge in [-0.05, 0) is 24.3 Å². The zero-order valence-electron chi connectivity index (χ0n) is 26.3. The molecule has 0 aliphatic carbocycles. The van der Waals surface area contributed by atoms with Gasteiger partial charge in [0, 0.05) is 68.8 Å². The second kappa shape index (κ2) is 14.6. The topological polar surface area (TPSA) is 119 Å². The van der Waals surface area contributed by atoms with Gasteiger partial charge in [0.05, 0.1) is 59.3 Å². The van der Waals surface area contributed by atoms with Crippen molar-refractivity contribution in [3.05, 3.63) is 75.0 Å². The number of piperazine rings is 1. The predicted molar refractivity (Wildman–Crippen MR) is 179 cm³/mol. The lowest BCUT2D eigenvalue weighted by molar-refractivity contribution is 0.0516. The molecule has 252 valence electrons. The van der Waals surface area contributed by atoms with E-state index in [-0.39, 0.29) is 58.9 Å². The zero-order valence-corrected chi connectivity index (χ0v) is 27.8. The highest BCUT2D eigenvalue weighted by molar-refractivity contribution is 6.40. The molecule has 3 aromatic carbocycles. The fraction of sp³-hybridized carbons (Fsp3) is 0.382. The van der Waals surface area contributed by atoms with Crippen molar-refractivity contribution < 1.29 is 33.3 Å². The number of carbonyl (C=O) groups excluding carboxylic acids is 1. The first-order valence-corrected chi connectivity index (χ1v) is 16.3. The molecule has 0 spiro atoms. The van der Waals surface area contributed by atoms with Gasteiger partial charge in [-0.1, -0.05) is 41.4 Å². The summed E-state index contributed by atoms with van der Waals surface area (Å²) in [7, 11) is 1.69. The van der Waals surface area contributed by atoms with E-state index >= 15 is 4.39 Å². The summed E-state index contributed by atoms with van der Waals surface area (Å²) >= 11 is 13.4. The van der Waals surface area contributed by atoms with Crippen LogP contribution < -0.4 is 14.5 Å². The maximum absolute atomic E-state index is 15.6. The van der Waals surface area contributed by atoms with E-state index in [1.54, 1.807) is 42.3 Å². The minimum atomic E-state index is -1.31. The third-order valence-electron chi connectivity index (χ3n) is 8.89. The number of carbonyl (C=O) groups is 2.